The summed E-state index contributed by atoms with van der Waals surface area (Å²) in [5.74, 6) is -1.35. The molecule has 1 N–H and O–H groups in total. The van der Waals surface area contributed by atoms with Crippen LogP contribution in [-0.4, -0.2) is 33.2 Å². The first-order valence-electron chi connectivity index (χ1n) is 9.40. The highest BCUT2D eigenvalue weighted by atomic mass is 16.6. The van der Waals surface area contributed by atoms with Gasteiger partial charge in [0.15, 0.2) is 0 Å². The van der Waals surface area contributed by atoms with E-state index in [9.17, 15) is 24.8 Å². The molecule has 5 rings (SSSR count). The van der Waals surface area contributed by atoms with E-state index < -0.39 is 16.8 Å². The first kappa shape index (κ1) is 17.0. The number of fused-ring (bicyclic) bond motifs is 8. The molecule has 0 amide bonds. The van der Waals surface area contributed by atoms with Crippen LogP contribution >= 0.6 is 0 Å². The molecule has 0 radical (unpaired) electrons. The van der Waals surface area contributed by atoms with Crippen molar-refractivity contribution in [3.63, 3.8) is 0 Å². The van der Waals surface area contributed by atoms with Crippen LogP contribution in [0, 0.1) is 22.0 Å². The smallest absolute Gasteiger partial charge is 0.308 e. The van der Waals surface area contributed by atoms with Crippen molar-refractivity contribution in [2.75, 3.05) is 11.4 Å². The number of rotatable bonds is 2. The third kappa shape index (κ3) is 2.37. The lowest BCUT2D eigenvalue weighted by molar-refractivity contribution is -0.384. The van der Waals surface area contributed by atoms with Gasteiger partial charge in [-0.25, -0.2) is 0 Å². The molecule has 4 heterocycles. The zero-order chi connectivity index (χ0) is 19.6. The molecule has 4 atom stereocenters. The minimum absolute atomic E-state index is 0.0181. The van der Waals surface area contributed by atoms with Gasteiger partial charge >= 0.3 is 5.97 Å². The molecular formula is C20H19N3O5. The van der Waals surface area contributed by atoms with Gasteiger partial charge in [0.25, 0.3) is 11.2 Å². The SMILES string of the molecule is O=C(O)[C@@H]1Cc2cc([N+](=O)[O-])ccc2N2C[C@H]3C[C@H](Cn4c3cccc4=O)[C@H]12. The zero-order valence-electron chi connectivity index (χ0n) is 15.0. The van der Waals surface area contributed by atoms with Crippen LogP contribution in [0.5, 0.6) is 0 Å². The topological polar surface area (TPSA) is 106 Å². The van der Waals surface area contributed by atoms with Crippen LogP contribution in [0.4, 0.5) is 11.4 Å². The third-order valence-electron chi connectivity index (χ3n) is 6.52. The number of nitro benzene ring substituents is 1. The molecule has 1 saturated heterocycles. The van der Waals surface area contributed by atoms with Crippen molar-refractivity contribution in [3.8, 4) is 0 Å². The van der Waals surface area contributed by atoms with Crippen LogP contribution in [0.2, 0.25) is 0 Å². The maximum absolute atomic E-state index is 12.3. The van der Waals surface area contributed by atoms with Crippen molar-refractivity contribution < 1.29 is 14.8 Å². The predicted molar refractivity (Wildman–Crippen MR) is 101 cm³/mol. The van der Waals surface area contributed by atoms with Crippen molar-refractivity contribution in [1.82, 2.24) is 4.57 Å². The number of aliphatic carboxylic acids is 1. The Kier molecular flexibility index (Phi) is 3.59. The van der Waals surface area contributed by atoms with Crippen molar-refractivity contribution in [2.24, 2.45) is 11.8 Å². The van der Waals surface area contributed by atoms with Gasteiger partial charge in [-0.15, -0.1) is 0 Å². The molecule has 144 valence electrons. The summed E-state index contributed by atoms with van der Waals surface area (Å²) in [5.41, 5.74) is 2.52. The van der Waals surface area contributed by atoms with E-state index in [0.717, 1.165) is 17.8 Å². The normalized spacial score (nSPS) is 27.4. The van der Waals surface area contributed by atoms with E-state index in [0.29, 0.717) is 18.7 Å². The lowest BCUT2D eigenvalue weighted by Crippen LogP contribution is -2.60. The summed E-state index contributed by atoms with van der Waals surface area (Å²) in [6.45, 7) is 1.12. The molecule has 1 aromatic carbocycles. The molecule has 2 aromatic rings. The van der Waals surface area contributed by atoms with E-state index in [-0.39, 0.29) is 35.5 Å². The van der Waals surface area contributed by atoms with E-state index in [1.807, 2.05) is 6.07 Å². The fraction of sp³-hybridized carbons (Fsp3) is 0.400. The standard InChI is InChI=1S/C20H19N3O5/c24-18-3-1-2-16-12-6-13(10-21(16)18)19-15(20(25)26)8-11-7-14(23(27)28)4-5-17(11)22(19)9-12/h1-5,7,12-13,15,19H,6,8-10H2,(H,25,26)/t12-,13-,15-,19-/m1/s1. The molecule has 1 aromatic heterocycles. The van der Waals surface area contributed by atoms with Crippen LogP contribution in [0.15, 0.2) is 41.2 Å². The van der Waals surface area contributed by atoms with Gasteiger partial charge in [0.05, 0.1) is 10.8 Å². The van der Waals surface area contributed by atoms with Gasteiger partial charge in [-0.1, -0.05) is 6.07 Å². The molecule has 3 aliphatic rings. The van der Waals surface area contributed by atoms with Crippen molar-refractivity contribution in [1.29, 1.82) is 0 Å². The summed E-state index contributed by atoms with van der Waals surface area (Å²) in [7, 11) is 0. The lowest BCUT2D eigenvalue weighted by atomic mass is 9.70. The molecule has 28 heavy (non-hydrogen) atoms. The summed E-state index contributed by atoms with van der Waals surface area (Å²) >= 11 is 0. The summed E-state index contributed by atoms with van der Waals surface area (Å²) < 4.78 is 1.79. The van der Waals surface area contributed by atoms with E-state index in [4.69, 9.17) is 0 Å². The molecule has 2 bridgehead atoms. The number of aromatic nitrogens is 1. The summed E-state index contributed by atoms with van der Waals surface area (Å²) in [4.78, 5) is 37.3. The Bertz CT molecular complexity index is 1060. The monoisotopic (exact) mass is 381 g/mol. The highest BCUT2D eigenvalue weighted by molar-refractivity contribution is 5.76. The molecule has 3 aliphatic heterocycles. The van der Waals surface area contributed by atoms with E-state index in [1.165, 1.54) is 12.1 Å². The summed E-state index contributed by atoms with van der Waals surface area (Å²) in [6.07, 6.45) is 1.13. The van der Waals surface area contributed by atoms with Gasteiger partial charge in [0.2, 0.25) is 0 Å². The Hall–Kier alpha value is -3.16. The lowest BCUT2D eigenvalue weighted by Gasteiger charge is -2.53. The number of benzene rings is 1. The number of carbonyl (C=O) groups is 1. The largest absolute Gasteiger partial charge is 0.481 e. The van der Waals surface area contributed by atoms with Crippen LogP contribution < -0.4 is 10.5 Å². The molecule has 1 fully saturated rings. The Morgan fingerprint density at radius 2 is 2.04 bits per heavy atom. The predicted octanol–water partition coefficient (Wildman–Crippen LogP) is 2.01. The minimum Gasteiger partial charge on any atom is -0.481 e. The Balaban J connectivity index is 1.64. The van der Waals surface area contributed by atoms with Gasteiger partial charge in [-0.3, -0.25) is 19.7 Å². The fourth-order valence-electron chi connectivity index (χ4n) is 5.44. The van der Waals surface area contributed by atoms with Crippen LogP contribution in [-0.2, 0) is 17.8 Å². The molecule has 0 spiro atoms. The van der Waals surface area contributed by atoms with Gasteiger partial charge in [-0.05, 0) is 36.5 Å². The molecule has 8 nitrogen and oxygen atoms in total. The highest BCUT2D eigenvalue weighted by Crippen LogP contribution is 2.47. The number of non-ortho nitro benzene ring substituents is 1. The second-order valence-corrected chi connectivity index (χ2v) is 7.95. The highest BCUT2D eigenvalue weighted by Gasteiger charge is 2.49. The molecule has 8 heteroatoms. The number of hydrogen-bond donors (Lipinski definition) is 1. The zero-order valence-corrected chi connectivity index (χ0v) is 15.0. The fourth-order valence-corrected chi connectivity index (χ4v) is 5.44. The number of carboxylic acid groups (broad SMARTS) is 1. The third-order valence-corrected chi connectivity index (χ3v) is 6.52. The average molecular weight is 381 g/mol. The van der Waals surface area contributed by atoms with Crippen LogP contribution in [0.3, 0.4) is 0 Å². The van der Waals surface area contributed by atoms with Crippen LogP contribution in [0.1, 0.15) is 23.6 Å². The molecule has 0 unspecified atom stereocenters. The van der Waals surface area contributed by atoms with E-state index in [1.54, 1.807) is 22.8 Å². The Morgan fingerprint density at radius 1 is 1.21 bits per heavy atom. The van der Waals surface area contributed by atoms with Crippen molar-refractivity contribution >= 4 is 17.3 Å². The van der Waals surface area contributed by atoms with E-state index in [2.05, 4.69) is 4.90 Å². The Labute approximate surface area is 160 Å². The van der Waals surface area contributed by atoms with Gasteiger partial charge in [-0.2, -0.15) is 0 Å². The first-order valence-corrected chi connectivity index (χ1v) is 9.40. The average Bonchev–Trinajstić information content (AvgIpc) is 2.67. The second kappa shape index (κ2) is 5.92. The number of hydrogen-bond acceptors (Lipinski definition) is 5. The Morgan fingerprint density at radius 3 is 2.79 bits per heavy atom. The summed E-state index contributed by atoms with van der Waals surface area (Å²) in [6, 6.07) is 9.81. The minimum atomic E-state index is -0.892. The number of anilines is 1. The van der Waals surface area contributed by atoms with Gasteiger partial charge in [0.1, 0.15) is 0 Å². The summed E-state index contributed by atoms with van der Waals surface area (Å²) in [5, 5.41) is 21.1. The quantitative estimate of drug-likeness (QED) is 0.630. The number of nitrogens with zero attached hydrogens (tertiary/aromatic N) is 3. The van der Waals surface area contributed by atoms with Gasteiger partial charge < -0.3 is 14.6 Å². The molecule has 0 aliphatic carbocycles. The van der Waals surface area contributed by atoms with Crippen LogP contribution in [0.25, 0.3) is 0 Å². The van der Waals surface area contributed by atoms with Gasteiger partial charge in [0, 0.05) is 54.6 Å². The maximum atomic E-state index is 12.3. The number of carboxylic acids is 1. The molecular weight excluding hydrogens is 362 g/mol. The number of pyridine rings is 1. The van der Waals surface area contributed by atoms with Crippen molar-refractivity contribution in [2.45, 2.75) is 31.3 Å². The van der Waals surface area contributed by atoms with Crippen molar-refractivity contribution in [3.05, 3.63) is 68.1 Å². The van der Waals surface area contributed by atoms with E-state index >= 15 is 0 Å². The number of piperidine rings is 1. The maximum Gasteiger partial charge on any atom is 0.308 e. The number of nitro groups is 1. The first-order chi connectivity index (χ1) is 13.4. The second-order valence-electron chi connectivity index (χ2n) is 7.95. The molecule has 0 saturated carbocycles.